The molecule has 1 amide bonds. The molecule has 1 N–H and O–H groups in total. The lowest BCUT2D eigenvalue weighted by Gasteiger charge is -2.30. The fraction of sp³-hybridized carbons (Fsp3) is 0.211. The Kier molecular flexibility index (Phi) is 5.41. The molecule has 0 saturated carbocycles. The number of carbonyl (C=O) groups is 1. The molecule has 2 heterocycles. The van der Waals surface area contributed by atoms with Crippen molar-refractivity contribution in [3.05, 3.63) is 63.1 Å². The largest absolute Gasteiger partial charge is 0.308 e. The average Bonchev–Trinajstić information content (AvgIpc) is 3.11. The fourth-order valence-corrected chi connectivity index (χ4v) is 5.35. The quantitative estimate of drug-likeness (QED) is 0.593. The Balaban J connectivity index is 1.63. The molecule has 0 aliphatic carbocycles. The predicted molar refractivity (Wildman–Crippen MR) is 116 cm³/mol. The van der Waals surface area contributed by atoms with Crippen molar-refractivity contribution in [1.82, 2.24) is 10.2 Å². The van der Waals surface area contributed by atoms with Crippen LogP contribution in [0.4, 0.5) is 10.8 Å². The molecule has 10 heteroatoms. The van der Waals surface area contributed by atoms with Crippen LogP contribution in [0, 0.1) is 6.92 Å². The van der Waals surface area contributed by atoms with E-state index in [1.165, 1.54) is 17.4 Å². The number of anilines is 2. The first-order valence-electron chi connectivity index (χ1n) is 8.87. The van der Waals surface area contributed by atoms with E-state index < -0.39 is 10.0 Å². The number of aromatic nitrogens is 2. The first-order valence-corrected chi connectivity index (χ1v) is 12.0. The molecular weight excluding hydrogens is 476 g/mol. The standard InChI is InChI=1S/C19H17BrN4O3S2/c1-12-21-22-19(28-12)23-29(26,27)16-8-9-17-14(11-16)3-2-10-24(17)18(25)13-4-6-15(20)7-5-13/h4-9,11H,2-3,10H2,1H3,(H,22,23). The molecule has 0 fully saturated rings. The number of amides is 1. The van der Waals surface area contributed by atoms with Gasteiger partial charge in [0.1, 0.15) is 5.01 Å². The van der Waals surface area contributed by atoms with E-state index in [1.54, 1.807) is 36.1 Å². The monoisotopic (exact) mass is 492 g/mol. The van der Waals surface area contributed by atoms with Gasteiger partial charge in [0, 0.05) is 22.3 Å². The first-order chi connectivity index (χ1) is 13.8. The fourth-order valence-electron chi connectivity index (χ4n) is 3.21. The van der Waals surface area contributed by atoms with Gasteiger partial charge < -0.3 is 4.90 Å². The number of nitrogens with one attached hydrogen (secondary N) is 1. The lowest BCUT2D eigenvalue weighted by Crippen LogP contribution is -2.35. The molecule has 2 aromatic carbocycles. The summed E-state index contributed by atoms with van der Waals surface area (Å²) in [6, 6.07) is 12.0. The third kappa shape index (κ3) is 4.19. The van der Waals surface area contributed by atoms with Gasteiger partial charge in [0.05, 0.1) is 4.90 Å². The van der Waals surface area contributed by atoms with Gasteiger partial charge in [-0.1, -0.05) is 27.3 Å². The molecule has 1 aromatic heterocycles. The number of hydrogen-bond acceptors (Lipinski definition) is 6. The highest BCUT2D eigenvalue weighted by Crippen LogP contribution is 2.31. The minimum absolute atomic E-state index is 0.100. The van der Waals surface area contributed by atoms with E-state index in [1.807, 2.05) is 12.1 Å². The van der Waals surface area contributed by atoms with Crippen LogP contribution < -0.4 is 9.62 Å². The molecule has 0 atom stereocenters. The molecule has 0 unspecified atom stereocenters. The van der Waals surface area contributed by atoms with E-state index in [0.717, 1.165) is 22.1 Å². The maximum absolute atomic E-state index is 13.0. The van der Waals surface area contributed by atoms with Crippen LogP contribution in [0.5, 0.6) is 0 Å². The van der Waals surface area contributed by atoms with E-state index in [9.17, 15) is 13.2 Å². The highest BCUT2D eigenvalue weighted by atomic mass is 79.9. The summed E-state index contributed by atoms with van der Waals surface area (Å²) < 4.78 is 28.8. The number of sulfonamides is 1. The maximum atomic E-state index is 13.0. The van der Waals surface area contributed by atoms with Crippen molar-refractivity contribution in [2.24, 2.45) is 0 Å². The SMILES string of the molecule is Cc1nnc(NS(=O)(=O)c2ccc3c(c2)CCCN3C(=O)c2ccc(Br)cc2)s1. The molecule has 1 aliphatic rings. The molecule has 7 nitrogen and oxygen atoms in total. The molecule has 150 valence electrons. The number of fused-ring (bicyclic) bond motifs is 1. The third-order valence-corrected chi connectivity index (χ3v) is 7.31. The normalized spacial score (nSPS) is 13.8. The van der Waals surface area contributed by atoms with Crippen molar-refractivity contribution in [2.75, 3.05) is 16.2 Å². The first kappa shape index (κ1) is 20.0. The number of aryl methyl sites for hydroxylation is 2. The molecule has 0 bridgehead atoms. The van der Waals surface area contributed by atoms with E-state index in [-0.39, 0.29) is 15.9 Å². The second-order valence-electron chi connectivity index (χ2n) is 6.59. The van der Waals surface area contributed by atoms with Gasteiger partial charge in [0.25, 0.3) is 15.9 Å². The van der Waals surface area contributed by atoms with Crippen LogP contribution in [0.2, 0.25) is 0 Å². The third-order valence-electron chi connectivity index (χ3n) is 4.56. The van der Waals surface area contributed by atoms with Crippen LogP contribution in [0.25, 0.3) is 0 Å². The lowest BCUT2D eigenvalue weighted by atomic mass is 10.0. The number of halogens is 1. The van der Waals surface area contributed by atoms with Crippen molar-refractivity contribution in [2.45, 2.75) is 24.7 Å². The summed E-state index contributed by atoms with van der Waals surface area (Å²) in [4.78, 5) is 14.8. The Bertz CT molecular complexity index is 1180. The second-order valence-corrected chi connectivity index (χ2v) is 10.4. The van der Waals surface area contributed by atoms with Gasteiger partial charge in [-0.3, -0.25) is 9.52 Å². The minimum atomic E-state index is -3.78. The van der Waals surface area contributed by atoms with Crippen LogP contribution in [0.3, 0.4) is 0 Å². The van der Waals surface area contributed by atoms with E-state index >= 15 is 0 Å². The van der Waals surface area contributed by atoms with Crippen LogP contribution in [-0.4, -0.2) is 31.1 Å². The Morgan fingerprint density at radius 1 is 1.17 bits per heavy atom. The summed E-state index contributed by atoms with van der Waals surface area (Å²) in [5.74, 6) is -0.100. The van der Waals surface area contributed by atoms with Crippen LogP contribution in [0.1, 0.15) is 27.3 Å². The van der Waals surface area contributed by atoms with E-state index in [4.69, 9.17) is 0 Å². The molecule has 0 radical (unpaired) electrons. The molecule has 0 saturated heterocycles. The molecular formula is C19H17BrN4O3S2. The van der Waals surface area contributed by atoms with Crippen LogP contribution in [0.15, 0.2) is 51.8 Å². The smallest absolute Gasteiger partial charge is 0.263 e. The van der Waals surface area contributed by atoms with Crippen molar-refractivity contribution >= 4 is 54.0 Å². The van der Waals surface area contributed by atoms with Crippen LogP contribution in [-0.2, 0) is 16.4 Å². The zero-order valence-corrected chi connectivity index (χ0v) is 18.6. The van der Waals surface area contributed by atoms with Gasteiger partial charge in [-0.25, -0.2) is 8.42 Å². The van der Waals surface area contributed by atoms with Gasteiger partial charge in [-0.2, -0.15) is 0 Å². The van der Waals surface area contributed by atoms with E-state index in [0.29, 0.717) is 23.5 Å². The summed E-state index contributed by atoms with van der Waals surface area (Å²) in [5.41, 5.74) is 2.17. The Morgan fingerprint density at radius 2 is 1.93 bits per heavy atom. The lowest BCUT2D eigenvalue weighted by molar-refractivity contribution is 0.0985. The average molecular weight is 493 g/mol. The minimum Gasteiger partial charge on any atom is -0.308 e. The van der Waals surface area contributed by atoms with E-state index in [2.05, 4.69) is 30.8 Å². The van der Waals surface area contributed by atoms with Crippen molar-refractivity contribution in [3.8, 4) is 0 Å². The van der Waals surface area contributed by atoms with Gasteiger partial charge in [-0.15, -0.1) is 10.2 Å². The second kappa shape index (κ2) is 7.85. The topological polar surface area (TPSA) is 92.3 Å². The van der Waals surface area contributed by atoms with Gasteiger partial charge in [0.2, 0.25) is 5.13 Å². The summed E-state index contributed by atoms with van der Waals surface area (Å²) in [6.45, 7) is 2.35. The van der Waals surface area contributed by atoms with Crippen LogP contribution >= 0.6 is 27.3 Å². The summed E-state index contributed by atoms with van der Waals surface area (Å²) in [5, 5.41) is 8.54. The summed E-state index contributed by atoms with van der Waals surface area (Å²) >= 11 is 4.54. The number of nitrogens with zero attached hydrogens (tertiary/aromatic N) is 3. The molecule has 3 aromatic rings. The van der Waals surface area contributed by atoms with Gasteiger partial charge >= 0.3 is 0 Å². The summed E-state index contributed by atoms with van der Waals surface area (Å²) in [6.07, 6.45) is 1.47. The molecule has 1 aliphatic heterocycles. The highest BCUT2D eigenvalue weighted by Gasteiger charge is 2.26. The summed E-state index contributed by atoms with van der Waals surface area (Å²) in [7, 11) is -3.78. The number of rotatable bonds is 4. The van der Waals surface area contributed by atoms with Gasteiger partial charge in [0.15, 0.2) is 0 Å². The number of benzene rings is 2. The predicted octanol–water partition coefficient (Wildman–Crippen LogP) is 4.00. The maximum Gasteiger partial charge on any atom is 0.263 e. The molecule has 4 rings (SSSR count). The number of carbonyl (C=O) groups excluding carboxylic acids is 1. The Labute approximate surface area is 181 Å². The molecule has 0 spiro atoms. The highest BCUT2D eigenvalue weighted by molar-refractivity contribution is 9.10. The van der Waals surface area contributed by atoms with Gasteiger partial charge in [-0.05, 0) is 67.8 Å². The van der Waals surface area contributed by atoms with Crippen molar-refractivity contribution in [1.29, 1.82) is 0 Å². The zero-order chi connectivity index (χ0) is 20.6. The zero-order valence-electron chi connectivity index (χ0n) is 15.4. The Hall–Kier alpha value is -2.30. The molecule has 29 heavy (non-hydrogen) atoms. The Morgan fingerprint density at radius 3 is 2.62 bits per heavy atom. The van der Waals surface area contributed by atoms with Crippen molar-refractivity contribution < 1.29 is 13.2 Å². The van der Waals surface area contributed by atoms with Crippen molar-refractivity contribution in [3.63, 3.8) is 0 Å². The number of hydrogen-bond donors (Lipinski definition) is 1.